The van der Waals surface area contributed by atoms with Crippen molar-refractivity contribution in [2.75, 3.05) is 0 Å². The lowest BCUT2D eigenvalue weighted by Gasteiger charge is -2.25. The Bertz CT molecular complexity index is 1020. The van der Waals surface area contributed by atoms with E-state index in [-0.39, 0.29) is 17.9 Å². The number of aromatic nitrogens is 1. The van der Waals surface area contributed by atoms with E-state index in [1.165, 1.54) is 28.6 Å². The number of pyridine rings is 1. The normalized spacial score (nSPS) is 17.0. The number of furan rings is 1. The van der Waals surface area contributed by atoms with Crippen molar-refractivity contribution in [3.05, 3.63) is 87.5 Å². The van der Waals surface area contributed by atoms with Crippen LogP contribution >= 0.6 is 11.3 Å². The number of hydrogen-bond donors (Lipinski definition) is 1. The molecular weight excluding hydrogens is 364 g/mol. The van der Waals surface area contributed by atoms with E-state index in [0.29, 0.717) is 5.69 Å². The van der Waals surface area contributed by atoms with Gasteiger partial charge in [-0.05, 0) is 48.2 Å². The van der Waals surface area contributed by atoms with Crippen molar-refractivity contribution in [2.45, 2.75) is 19.5 Å². The van der Waals surface area contributed by atoms with Crippen molar-refractivity contribution in [3.63, 3.8) is 0 Å². The standard InChI is InChI=1S/C20H16N2O4S/c1-12-7-10-27-19(12)16-15(17(23)14-6-4-9-26-14)18(24)20(25)22(16)11-13-5-2-3-8-21-13/h2-10,16,24H,11H2,1H3. The zero-order valence-corrected chi connectivity index (χ0v) is 15.3. The number of aliphatic hydroxyl groups is 1. The van der Waals surface area contributed by atoms with Crippen molar-refractivity contribution >= 4 is 23.0 Å². The molecule has 0 saturated carbocycles. The van der Waals surface area contributed by atoms with Crippen LogP contribution in [0.15, 0.2) is 70.0 Å². The van der Waals surface area contributed by atoms with E-state index in [9.17, 15) is 14.7 Å². The molecule has 6 nitrogen and oxygen atoms in total. The smallest absolute Gasteiger partial charge is 0.290 e. The molecule has 136 valence electrons. The molecule has 0 spiro atoms. The van der Waals surface area contributed by atoms with Crippen LogP contribution in [-0.2, 0) is 11.3 Å². The summed E-state index contributed by atoms with van der Waals surface area (Å²) in [7, 11) is 0. The van der Waals surface area contributed by atoms with Crippen LogP contribution < -0.4 is 0 Å². The van der Waals surface area contributed by atoms with Crippen LogP contribution in [0.5, 0.6) is 0 Å². The van der Waals surface area contributed by atoms with Crippen LogP contribution in [0, 0.1) is 6.92 Å². The highest BCUT2D eigenvalue weighted by Gasteiger charge is 2.45. The summed E-state index contributed by atoms with van der Waals surface area (Å²) in [4.78, 5) is 32.4. The molecule has 27 heavy (non-hydrogen) atoms. The molecule has 1 aliphatic heterocycles. The molecule has 0 bridgehead atoms. The van der Waals surface area contributed by atoms with Crippen LogP contribution in [0.2, 0.25) is 0 Å². The number of rotatable bonds is 5. The Morgan fingerprint density at radius 2 is 2.15 bits per heavy atom. The summed E-state index contributed by atoms with van der Waals surface area (Å²) in [5.74, 6) is -1.53. The monoisotopic (exact) mass is 380 g/mol. The highest BCUT2D eigenvalue weighted by atomic mass is 32.1. The fourth-order valence-electron chi connectivity index (χ4n) is 3.19. The lowest BCUT2D eigenvalue weighted by atomic mass is 9.98. The summed E-state index contributed by atoms with van der Waals surface area (Å²) in [6.45, 7) is 2.10. The zero-order chi connectivity index (χ0) is 19.0. The van der Waals surface area contributed by atoms with Gasteiger partial charge < -0.3 is 14.4 Å². The van der Waals surface area contributed by atoms with Gasteiger partial charge in [0.2, 0.25) is 5.78 Å². The minimum Gasteiger partial charge on any atom is -0.503 e. The number of thiophene rings is 1. The maximum Gasteiger partial charge on any atom is 0.290 e. The van der Waals surface area contributed by atoms with Gasteiger partial charge in [0, 0.05) is 11.1 Å². The summed E-state index contributed by atoms with van der Waals surface area (Å²) < 4.78 is 5.21. The van der Waals surface area contributed by atoms with E-state index in [4.69, 9.17) is 4.42 Å². The number of hydrogen-bond acceptors (Lipinski definition) is 6. The molecule has 0 saturated heterocycles. The predicted molar refractivity (Wildman–Crippen MR) is 99.3 cm³/mol. The van der Waals surface area contributed by atoms with E-state index < -0.39 is 23.5 Å². The number of carbonyl (C=O) groups excluding carboxylic acids is 2. The van der Waals surface area contributed by atoms with Gasteiger partial charge in [-0.25, -0.2) is 0 Å². The topological polar surface area (TPSA) is 83.6 Å². The van der Waals surface area contributed by atoms with Crippen molar-refractivity contribution < 1.29 is 19.1 Å². The van der Waals surface area contributed by atoms with Crippen molar-refractivity contribution in [2.24, 2.45) is 0 Å². The third kappa shape index (κ3) is 2.96. The predicted octanol–water partition coefficient (Wildman–Crippen LogP) is 3.82. The molecule has 0 radical (unpaired) electrons. The Balaban J connectivity index is 1.80. The first-order valence-corrected chi connectivity index (χ1v) is 9.22. The van der Waals surface area contributed by atoms with Crippen LogP contribution in [-0.4, -0.2) is 26.7 Å². The lowest BCUT2D eigenvalue weighted by Crippen LogP contribution is -2.30. The molecule has 4 rings (SSSR count). The highest BCUT2D eigenvalue weighted by Crippen LogP contribution is 2.42. The molecule has 7 heteroatoms. The van der Waals surface area contributed by atoms with Gasteiger partial charge in [-0.1, -0.05) is 6.07 Å². The van der Waals surface area contributed by atoms with Crippen molar-refractivity contribution in [1.82, 2.24) is 9.88 Å². The van der Waals surface area contributed by atoms with Gasteiger partial charge >= 0.3 is 0 Å². The van der Waals surface area contributed by atoms with Gasteiger partial charge in [-0.2, -0.15) is 0 Å². The SMILES string of the molecule is Cc1ccsc1C1C(C(=O)c2ccco2)=C(O)C(=O)N1Cc1ccccn1. The number of aryl methyl sites for hydroxylation is 1. The summed E-state index contributed by atoms with van der Waals surface area (Å²) in [6, 6.07) is 9.78. The molecule has 1 aliphatic rings. The van der Waals surface area contributed by atoms with Crippen molar-refractivity contribution in [3.8, 4) is 0 Å². The molecule has 1 amide bonds. The second kappa shape index (κ2) is 6.85. The van der Waals surface area contributed by atoms with E-state index in [2.05, 4.69) is 4.98 Å². The number of aliphatic hydroxyl groups excluding tert-OH is 1. The highest BCUT2D eigenvalue weighted by molar-refractivity contribution is 7.10. The van der Waals surface area contributed by atoms with Gasteiger partial charge in [0.05, 0.1) is 24.1 Å². The number of carbonyl (C=O) groups is 2. The molecule has 3 aromatic heterocycles. The third-order valence-electron chi connectivity index (χ3n) is 4.50. The van der Waals surface area contributed by atoms with Crippen LogP contribution in [0.4, 0.5) is 0 Å². The van der Waals surface area contributed by atoms with E-state index in [1.54, 1.807) is 24.4 Å². The summed E-state index contributed by atoms with van der Waals surface area (Å²) in [5, 5.41) is 12.4. The molecule has 1 atom stereocenters. The Labute approximate surface area is 159 Å². The van der Waals surface area contributed by atoms with Gasteiger partial charge in [0.1, 0.15) is 6.04 Å². The largest absolute Gasteiger partial charge is 0.503 e. The number of nitrogens with zero attached hydrogens (tertiary/aromatic N) is 2. The third-order valence-corrected chi connectivity index (χ3v) is 5.57. The second-order valence-electron chi connectivity index (χ2n) is 6.19. The fraction of sp³-hybridized carbons (Fsp3) is 0.150. The molecule has 0 fully saturated rings. The minimum atomic E-state index is -0.683. The summed E-state index contributed by atoms with van der Waals surface area (Å²) in [6.07, 6.45) is 3.03. The second-order valence-corrected chi connectivity index (χ2v) is 7.14. The Morgan fingerprint density at radius 1 is 1.30 bits per heavy atom. The first kappa shape index (κ1) is 17.2. The molecule has 1 unspecified atom stereocenters. The van der Waals surface area contributed by atoms with Crippen LogP contribution in [0.1, 0.15) is 32.7 Å². The van der Waals surface area contributed by atoms with Gasteiger partial charge in [-0.3, -0.25) is 14.6 Å². The zero-order valence-electron chi connectivity index (χ0n) is 14.5. The van der Waals surface area contributed by atoms with E-state index in [1.807, 2.05) is 24.4 Å². The summed E-state index contributed by atoms with van der Waals surface area (Å²) >= 11 is 1.44. The maximum absolute atomic E-state index is 13.0. The molecule has 4 heterocycles. The van der Waals surface area contributed by atoms with Gasteiger partial charge in [0.15, 0.2) is 11.5 Å². The van der Waals surface area contributed by atoms with Crippen LogP contribution in [0.25, 0.3) is 0 Å². The minimum absolute atomic E-state index is 0.0384. The van der Waals surface area contributed by atoms with Crippen LogP contribution in [0.3, 0.4) is 0 Å². The number of ketones is 1. The quantitative estimate of drug-likeness (QED) is 0.680. The first-order chi connectivity index (χ1) is 13.1. The number of Topliss-reactive ketones (excluding diaryl/α,β-unsaturated/α-hetero) is 1. The first-order valence-electron chi connectivity index (χ1n) is 8.34. The van der Waals surface area contributed by atoms with Gasteiger partial charge in [0.25, 0.3) is 5.91 Å². The van der Waals surface area contributed by atoms with E-state index in [0.717, 1.165) is 10.4 Å². The lowest BCUT2D eigenvalue weighted by molar-refractivity contribution is -0.130. The Morgan fingerprint density at radius 3 is 2.78 bits per heavy atom. The molecule has 3 aromatic rings. The average molecular weight is 380 g/mol. The average Bonchev–Trinajstić information content (AvgIpc) is 3.39. The molecule has 1 N–H and O–H groups in total. The summed E-state index contributed by atoms with van der Waals surface area (Å²) in [5.41, 5.74) is 1.66. The fourth-order valence-corrected chi connectivity index (χ4v) is 4.24. The van der Waals surface area contributed by atoms with Crippen molar-refractivity contribution in [1.29, 1.82) is 0 Å². The molecule has 0 aliphatic carbocycles. The Kier molecular flexibility index (Phi) is 4.37. The maximum atomic E-state index is 13.0. The van der Waals surface area contributed by atoms with E-state index >= 15 is 0 Å². The number of amides is 1. The molecule has 0 aromatic carbocycles. The molecular formula is C20H16N2O4S. The Hall–Kier alpha value is -3.19. The van der Waals surface area contributed by atoms with Gasteiger partial charge in [-0.15, -0.1) is 11.3 Å².